The van der Waals surface area contributed by atoms with Gasteiger partial charge in [0.15, 0.2) is 0 Å². The maximum absolute atomic E-state index is 12.3. The third-order valence-electron chi connectivity index (χ3n) is 3.72. The van der Waals surface area contributed by atoms with Crippen molar-refractivity contribution in [2.75, 3.05) is 25.9 Å². The molecule has 1 unspecified atom stereocenters. The molecule has 0 aromatic rings. The normalized spacial score (nSPS) is 22.5. The monoisotopic (exact) mass is 262 g/mol. The lowest BCUT2D eigenvalue weighted by molar-refractivity contribution is 0.372. The van der Waals surface area contributed by atoms with E-state index < -0.39 is 10.0 Å². The van der Waals surface area contributed by atoms with Gasteiger partial charge in [-0.3, -0.25) is 0 Å². The molecule has 1 aliphatic heterocycles. The molecule has 1 atom stereocenters. The van der Waals surface area contributed by atoms with Crippen molar-refractivity contribution < 1.29 is 8.42 Å². The highest BCUT2D eigenvalue weighted by molar-refractivity contribution is 7.89. The highest BCUT2D eigenvalue weighted by Gasteiger charge is 2.34. The first-order valence-electron chi connectivity index (χ1n) is 6.69. The van der Waals surface area contributed by atoms with Crippen LogP contribution >= 0.6 is 0 Å². The van der Waals surface area contributed by atoms with E-state index in [1.807, 2.05) is 7.05 Å². The van der Waals surface area contributed by atoms with Crippen molar-refractivity contribution >= 4 is 10.0 Å². The van der Waals surface area contributed by atoms with Crippen molar-refractivity contribution in [3.63, 3.8) is 0 Å². The van der Waals surface area contributed by atoms with E-state index in [-0.39, 0.29) is 6.04 Å². The van der Waals surface area contributed by atoms with E-state index in [4.69, 9.17) is 0 Å². The summed E-state index contributed by atoms with van der Waals surface area (Å²) in [6.45, 7) is 5.61. The van der Waals surface area contributed by atoms with Crippen LogP contribution in [0, 0.1) is 5.92 Å². The first-order chi connectivity index (χ1) is 8.05. The van der Waals surface area contributed by atoms with Crippen LogP contribution in [-0.2, 0) is 10.0 Å². The van der Waals surface area contributed by atoms with Crippen molar-refractivity contribution in [3.05, 3.63) is 0 Å². The predicted octanol–water partition coefficient (Wildman–Crippen LogP) is 1.44. The van der Waals surface area contributed by atoms with Gasteiger partial charge in [-0.1, -0.05) is 26.7 Å². The zero-order valence-electron chi connectivity index (χ0n) is 11.3. The Balaban J connectivity index is 2.68. The summed E-state index contributed by atoms with van der Waals surface area (Å²) < 4.78 is 26.4. The SMILES string of the molecule is CCC(CC)CS(=O)(=O)N1CCCC1CNC. The molecule has 0 radical (unpaired) electrons. The van der Waals surface area contributed by atoms with Crippen LogP contribution in [-0.4, -0.2) is 44.7 Å². The molecule has 0 aromatic carbocycles. The molecule has 102 valence electrons. The van der Waals surface area contributed by atoms with Gasteiger partial charge in [-0.25, -0.2) is 8.42 Å². The standard InChI is InChI=1S/C12H26N2O2S/c1-4-11(5-2)10-17(15,16)14-8-6-7-12(14)9-13-3/h11-13H,4-10H2,1-3H3. The maximum atomic E-state index is 12.3. The van der Waals surface area contributed by atoms with Crippen molar-refractivity contribution in [1.29, 1.82) is 0 Å². The summed E-state index contributed by atoms with van der Waals surface area (Å²) in [5.74, 6) is 0.621. The van der Waals surface area contributed by atoms with Crippen molar-refractivity contribution in [1.82, 2.24) is 9.62 Å². The zero-order chi connectivity index (χ0) is 12.9. The van der Waals surface area contributed by atoms with Gasteiger partial charge in [0.2, 0.25) is 10.0 Å². The molecule has 1 saturated heterocycles. The lowest BCUT2D eigenvalue weighted by atomic mass is 10.1. The molecule has 1 fully saturated rings. The number of nitrogens with one attached hydrogen (secondary N) is 1. The minimum atomic E-state index is -3.06. The Morgan fingerprint density at radius 2 is 2.00 bits per heavy atom. The fourth-order valence-electron chi connectivity index (χ4n) is 2.53. The molecule has 1 N–H and O–H groups in total. The molecule has 1 heterocycles. The second kappa shape index (κ2) is 6.71. The fraction of sp³-hybridized carbons (Fsp3) is 1.00. The highest BCUT2D eigenvalue weighted by Crippen LogP contribution is 2.23. The molecule has 0 aliphatic carbocycles. The zero-order valence-corrected chi connectivity index (χ0v) is 12.1. The molecule has 1 aliphatic rings. The van der Waals surface area contributed by atoms with Crippen molar-refractivity contribution in [2.24, 2.45) is 5.92 Å². The molecule has 0 amide bonds. The predicted molar refractivity (Wildman–Crippen MR) is 71.5 cm³/mol. The van der Waals surface area contributed by atoms with Crippen LogP contribution in [0.4, 0.5) is 0 Å². The van der Waals surface area contributed by atoms with Gasteiger partial charge in [-0.15, -0.1) is 0 Å². The van der Waals surface area contributed by atoms with Crippen LogP contribution in [0.3, 0.4) is 0 Å². The fourth-order valence-corrected chi connectivity index (χ4v) is 4.83. The molecular formula is C12H26N2O2S. The Labute approximate surface area is 106 Å². The Hall–Kier alpha value is -0.130. The van der Waals surface area contributed by atoms with Gasteiger partial charge in [0, 0.05) is 19.1 Å². The first kappa shape index (κ1) is 14.9. The number of nitrogens with zero attached hydrogens (tertiary/aromatic N) is 1. The number of likely N-dealkylation sites (N-methyl/N-ethyl adjacent to an activating group) is 1. The summed E-state index contributed by atoms with van der Waals surface area (Å²) in [5.41, 5.74) is 0. The van der Waals surface area contributed by atoms with Gasteiger partial charge < -0.3 is 5.32 Å². The average molecular weight is 262 g/mol. The first-order valence-corrected chi connectivity index (χ1v) is 8.30. The Morgan fingerprint density at radius 3 is 2.53 bits per heavy atom. The van der Waals surface area contributed by atoms with Crippen molar-refractivity contribution in [3.8, 4) is 0 Å². The quantitative estimate of drug-likeness (QED) is 0.755. The number of hydrogen-bond donors (Lipinski definition) is 1. The summed E-state index contributed by atoms with van der Waals surface area (Å²) in [7, 11) is -1.18. The van der Waals surface area contributed by atoms with E-state index in [9.17, 15) is 8.42 Å². The molecule has 4 nitrogen and oxygen atoms in total. The molecule has 0 aromatic heterocycles. The molecule has 1 rings (SSSR count). The van der Waals surface area contributed by atoms with Crippen LogP contribution in [0.25, 0.3) is 0 Å². The minimum absolute atomic E-state index is 0.166. The Bertz CT molecular complexity index is 312. The maximum Gasteiger partial charge on any atom is 0.214 e. The largest absolute Gasteiger partial charge is 0.318 e. The summed E-state index contributed by atoms with van der Waals surface area (Å²) in [6, 6.07) is 0.166. The summed E-state index contributed by atoms with van der Waals surface area (Å²) in [4.78, 5) is 0. The van der Waals surface area contributed by atoms with E-state index in [0.29, 0.717) is 18.2 Å². The number of sulfonamides is 1. The summed E-state index contributed by atoms with van der Waals surface area (Å²) >= 11 is 0. The average Bonchev–Trinajstić information content (AvgIpc) is 2.75. The summed E-state index contributed by atoms with van der Waals surface area (Å²) in [6.07, 6.45) is 3.87. The molecule has 0 saturated carbocycles. The van der Waals surface area contributed by atoms with Crippen LogP contribution < -0.4 is 5.32 Å². The van der Waals surface area contributed by atoms with Crippen LogP contribution in [0.5, 0.6) is 0 Å². The lowest BCUT2D eigenvalue weighted by Gasteiger charge is -2.25. The third-order valence-corrected chi connectivity index (χ3v) is 5.81. The number of rotatable bonds is 7. The van der Waals surface area contributed by atoms with Crippen molar-refractivity contribution in [2.45, 2.75) is 45.6 Å². The summed E-state index contributed by atoms with van der Waals surface area (Å²) in [5, 5.41) is 3.09. The van der Waals surface area contributed by atoms with Gasteiger partial charge >= 0.3 is 0 Å². The van der Waals surface area contributed by atoms with E-state index in [1.165, 1.54) is 0 Å². The molecule has 5 heteroatoms. The molecule has 17 heavy (non-hydrogen) atoms. The number of hydrogen-bond acceptors (Lipinski definition) is 3. The van der Waals surface area contributed by atoms with Crippen LogP contribution in [0.15, 0.2) is 0 Å². The third kappa shape index (κ3) is 3.93. The van der Waals surface area contributed by atoms with Crippen LogP contribution in [0.2, 0.25) is 0 Å². The molecular weight excluding hydrogens is 236 g/mol. The highest BCUT2D eigenvalue weighted by atomic mass is 32.2. The Kier molecular flexibility index (Phi) is 5.89. The second-order valence-corrected chi connectivity index (χ2v) is 6.89. The topological polar surface area (TPSA) is 49.4 Å². The Morgan fingerprint density at radius 1 is 1.35 bits per heavy atom. The molecule has 0 spiro atoms. The van der Waals surface area contributed by atoms with Gasteiger partial charge in [-0.05, 0) is 25.8 Å². The van der Waals surface area contributed by atoms with Gasteiger partial charge in [0.1, 0.15) is 0 Å². The van der Waals surface area contributed by atoms with Gasteiger partial charge in [0.25, 0.3) is 0 Å². The van der Waals surface area contributed by atoms with E-state index >= 15 is 0 Å². The van der Waals surface area contributed by atoms with E-state index in [0.717, 1.165) is 32.2 Å². The smallest absolute Gasteiger partial charge is 0.214 e. The van der Waals surface area contributed by atoms with Crippen LogP contribution in [0.1, 0.15) is 39.5 Å². The van der Waals surface area contributed by atoms with Gasteiger partial charge in [0.05, 0.1) is 5.75 Å². The van der Waals surface area contributed by atoms with Gasteiger partial charge in [-0.2, -0.15) is 4.31 Å². The van der Waals surface area contributed by atoms with E-state index in [1.54, 1.807) is 4.31 Å². The minimum Gasteiger partial charge on any atom is -0.318 e. The molecule has 0 bridgehead atoms. The van der Waals surface area contributed by atoms with E-state index in [2.05, 4.69) is 19.2 Å². The lowest BCUT2D eigenvalue weighted by Crippen LogP contribution is -2.42. The second-order valence-electron chi connectivity index (χ2n) is 4.93.